The van der Waals surface area contributed by atoms with Crippen LogP contribution in [0.1, 0.15) is 37.8 Å². The van der Waals surface area contributed by atoms with Gasteiger partial charge in [-0.1, -0.05) is 50.2 Å². The fourth-order valence-corrected chi connectivity index (χ4v) is 5.92. The lowest BCUT2D eigenvalue weighted by Gasteiger charge is -2.33. The van der Waals surface area contributed by atoms with E-state index >= 15 is 0 Å². The van der Waals surface area contributed by atoms with Gasteiger partial charge in [0, 0.05) is 13.1 Å². The first kappa shape index (κ1) is 31.5. The Labute approximate surface area is 243 Å². The van der Waals surface area contributed by atoms with E-state index in [-0.39, 0.29) is 23.0 Å². The average Bonchev–Trinajstić information content (AvgIpc) is 2.98. The van der Waals surface area contributed by atoms with Crippen LogP contribution in [0.3, 0.4) is 0 Å². The van der Waals surface area contributed by atoms with Crippen molar-refractivity contribution in [3.8, 4) is 11.5 Å². The van der Waals surface area contributed by atoms with E-state index in [1.165, 1.54) is 24.1 Å². The van der Waals surface area contributed by atoms with Crippen molar-refractivity contribution in [2.45, 2.75) is 51.1 Å². The molecular weight excluding hydrogens is 542 g/mol. The maximum atomic E-state index is 14.2. The number of carbonyl (C=O) groups excluding carboxylic acids is 2. The number of nitrogens with zero attached hydrogens (tertiary/aromatic N) is 2. The van der Waals surface area contributed by atoms with Crippen molar-refractivity contribution >= 4 is 27.5 Å². The Hall–Kier alpha value is -4.05. The second kappa shape index (κ2) is 14.5. The van der Waals surface area contributed by atoms with Gasteiger partial charge in [-0.25, -0.2) is 8.42 Å². The van der Waals surface area contributed by atoms with Gasteiger partial charge in [-0.2, -0.15) is 0 Å². The largest absolute Gasteiger partial charge is 0.497 e. The number of aryl methyl sites for hydroxylation is 1. The third kappa shape index (κ3) is 7.79. The Bertz CT molecular complexity index is 1430. The van der Waals surface area contributed by atoms with Gasteiger partial charge < -0.3 is 19.7 Å². The molecule has 0 saturated heterocycles. The van der Waals surface area contributed by atoms with Crippen molar-refractivity contribution in [2.24, 2.45) is 0 Å². The molecule has 1 atom stereocenters. The number of benzene rings is 3. The smallest absolute Gasteiger partial charge is 0.264 e. The molecule has 1 N–H and O–H groups in total. The summed E-state index contributed by atoms with van der Waals surface area (Å²) in [5, 5.41) is 2.88. The highest BCUT2D eigenvalue weighted by molar-refractivity contribution is 7.92. The van der Waals surface area contributed by atoms with Gasteiger partial charge in [0.1, 0.15) is 24.1 Å². The van der Waals surface area contributed by atoms with Crippen LogP contribution in [-0.2, 0) is 26.2 Å². The minimum atomic E-state index is -4.20. The molecule has 220 valence electrons. The first-order chi connectivity index (χ1) is 19.7. The van der Waals surface area contributed by atoms with Crippen molar-refractivity contribution in [2.75, 3.05) is 31.6 Å². The molecule has 0 aliphatic rings. The third-order valence-electron chi connectivity index (χ3n) is 6.64. The van der Waals surface area contributed by atoms with Crippen LogP contribution in [0.15, 0.2) is 77.7 Å². The summed E-state index contributed by atoms with van der Waals surface area (Å²) in [6, 6.07) is 19.5. The molecule has 0 bridgehead atoms. The minimum Gasteiger partial charge on any atom is -0.497 e. The molecule has 0 saturated carbocycles. The standard InChI is InChI=1S/C31H39N3O6S/c1-6-18-32-31(36)27(7-2)33(21-24-12-11-13-25(20-24)39-4)30(35)22-34(28-19-23(3)16-17-29(28)40-5)41(37,38)26-14-9-8-10-15-26/h8-17,19-20,27H,6-7,18,21-22H2,1-5H3,(H,32,36)/t27-/m0/s1. The highest BCUT2D eigenvalue weighted by Gasteiger charge is 2.34. The minimum absolute atomic E-state index is 0.0310. The zero-order valence-electron chi connectivity index (χ0n) is 24.3. The summed E-state index contributed by atoms with van der Waals surface area (Å²) < 4.78 is 40.0. The van der Waals surface area contributed by atoms with Crippen LogP contribution in [0.4, 0.5) is 5.69 Å². The van der Waals surface area contributed by atoms with E-state index < -0.39 is 28.5 Å². The van der Waals surface area contributed by atoms with Crippen LogP contribution in [0, 0.1) is 6.92 Å². The van der Waals surface area contributed by atoms with Crippen molar-refractivity contribution in [1.82, 2.24) is 10.2 Å². The number of nitrogens with one attached hydrogen (secondary N) is 1. The monoisotopic (exact) mass is 581 g/mol. The van der Waals surface area contributed by atoms with Gasteiger partial charge in [-0.3, -0.25) is 13.9 Å². The predicted octanol–water partition coefficient (Wildman–Crippen LogP) is 4.54. The number of methoxy groups -OCH3 is 2. The van der Waals surface area contributed by atoms with E-state index in [4.69, 9.17) is 9.47 Å². The van der Waals surface area contributed by atoms with E-state index in [9.17, 15) is 18.0 Å². The summed E-state index contributed by atoms with van der Waals surface area (Å²) in [6.07, 6.45) is 1.08. The maximum Gasteiger partial charge on any atom is 0.264 e. The van der Waals surface area contributed by atoms with Gasteiger partial charge in [0.25, 0.3) is 10.0 Å². The number of carbonyl (C=O) groups is 2. The Morgan fingerprint density at radius 3 is 2.29 bits per heavy atom. The fourth-order valence-electron chi connectivity index (χ4n) is 4.48. The third-order valence-corrected chi connectivity index (χ3v) is 8.41. The summed E-state index contributed by atoms with van der Waals surface area (Å²) >= 11 is 0. The summed E-state index contributed by atoms with van der Waals surface area (Å²) in [6.45, 7) is 5.60. The molecule has 2 amide bonds. The van der Waals surface area contributed by atoms with Gasteiger partial charge in [0.2, 0.25) is 11.8 Å². The van der Waals surface area contributed by atoms with Crippen LogP contribution < -0.4 is 19.1 Å². The SMILES string of the molecule is CCCNC(=O)[C@H](CC)N(Cc1cccc(OC)c1)C(=O)CN(c1cc(C)ccc1OC)S(=O)(=O)c1ccccc1. The second-order valence-electron chi connectivity index (χ2n) is 9.59. The average molecular weight is 582 g/mol. The van der Waals surface area contributed by atoms with E-state index in [2.05, 4.69) is 5.32 Å². The zero-order valence-corrected chi connectivity index (χ0v) is 25.1. The van der Waals surface area contributed by atoms with Gasteiger partial charge in [0.05, 0.1) is 24.8 Å². The Kier molecular flexibility index (Phi) is 11.2. The van der Waals surface area contributed by atoms with Crippen molar-refractivity contribution in [1.29, 1.82) is 0 Å². The topological polar surface area (TPSA) is 105 Å². The molecule has 41 heavy (non-hydrogen) atoms. The van der Waals surface area contributed by atoms with E-state index in [0.29, 0.717) is 24.5 Å². The molecule has 0 heterocycles. The predicted molar refractivity (Wildman–Crippen MR) is 160 cm³/mol. The summed E-state index contributed by atoms with van der Waals surface area (Å²) in [4.78, 5) is 28.9. The number of amides is 2. The molecule has 0 aliphatic carbocycles. The van der Waals surface area contributed by atoms with E-state index in [1.807, 2.05) is 26.8 Å². The summed E-state index contributed by atoms with van der Waals surface area (Å²) in [5.74, 6) is 0.0803. The highest BCUT2D eigenvalue weighted by atomic mass is 32.2. The number of ether oxygens (including phenoxy) is 2. The normalized spacial score (nSPS) is 11.8. The van der Waals surface area contributed by atoms with Gasteiger partial charge >= 0.3 is 0 Å². The quantitative estimate of drug-likeness (QED) is 0.300. The Balaban J connectivity index is 2.11. The van der Waals surface area contributed by atoms with Crippen LogP contribution in [0.25, 0.3) is 0 Å². The molecule has 0 radical (unpaired) electrons. The van der Waals surface area contributed by atoms with E-state index in [0.717, 1.165) is 21.9 Å². The molecule has 0 unspecified atom stereocenters. The van der Waals surface area contributed by atoms with Crippen LogP contribution in [0.2, 0.25) is 0 Å². The molecule has 3 rings (SSSR count). The number of rotatable bonds is 14. The lowest BCUT2D eigenvalue weighted by atomic mass is 10.1. The fraction of sp³-hybridized carbons (Fsp3) is 0.355. The number of hydrogen-bond acceptors (Lipinski definition) is 6. The first-order valence-corrected chi connectivity index (χ1v) is 15.0. The van der Waals surface area contributed by atoms with Crippen molar-refractivity contribution < 1.29 is 27.5 Å². The Morgan fingerprint density at radius 1 is 0.927 bits per heavy atom. The van der Waals surface area contributed by atoms with Crippen LogP contribution in [-0.4, -0.2) is 58.5 Å². The molecule has 0 aromatic heterocycles. The van der Waals surface area contributed by atoms with Crippen molar-refractivity contribution in [3.63, 3.8) is 0 Å². The summed E-state index contributed by atoms with van der Waals surface area (Å²) in [7, 11) is -1.20. The molecule has 9 nitrogen and oxygen atoms in total. The molecule has 3 aromatic carbocycles. The van der Waals surface area contributed by atoms with E-state index in [1.54, 1.807) is 61.7 Å². The first-order valence-electron chi connectivity index (χ1n) is 13.6. The molecule has 0 fully saturated rings. The number of sulfonamides is 1. The second-order valence-corrected chi connectivity index (χ2v) is 11.5. The number of anilines is 1. The number of hydrogen-bond donors (Lipinski definition) is 1. The maximum absolute atomic E-state index is 14.2. The molecular formula is C31H39N3O6S. The van der Waals surface area contributed by atoms with Gasteiger partial charge in [0.15, 0.2) is 0 Å². The molecule has 0 aliphatic heterocycles. The summed E-state index contributed by atoms with van der Waals surface area (Å²) in [5.41, 5.74) is 1.76. The van der Waals surface area contributed by atoms with Crippen LogP contribution >= 0.6 is 0 Å². The highest BCUT2D eigenvalue weighted by Crippen LogP contribution is 2.34. The molecule has 10 heteroatoms. The lowest BCUT2D eigenvalue weighted by Crippen LogP contribution is -2.52. The molecule has 3 aromatic rings. The van der Waals surface area contributed by atoms with Crippen molar-refractivity contribution in [3.05, 3.63) is 83.9 Å². The van der Waals surface area contributed by atoms with Gasteiger partial charge in [-0.15, -0.1) is 0 Å². The lowest BCUT2D eigenvalue weighted by molar-refractivity contribution is -0.140. The zero-order chi connectivity index (χ0) is 30.0. The van der Waals surface area contributed by atoms with Crippen LogP contribution in [0.5, 0.6) is 11.5 Å². The van der Waals surface area contributed by atoms with Gasteiger partial charge in [-0.05, 0) is 67.3 Å². The Morgan fingerprint density at radius 2 is 1.66 bits per heavy atom. The molecule has 0 spiro atoms.